The molecule has 4 heteroatoms. The van der Waals surface area contributed by atoms with E-state index in [9.17, 15) is 20.4 Å². The minimum absolute atomic E-state index is 0.349. The molecule has 0 saturated carbocycles. The van der Waals surface area contributed by atoms with E-state index in [1.807, 2.05) is 226 Å². The molecule has 0 heterocycles. The fourth-order valence-electron chi connectivity index (χ4n) is 9.55. The maximum absolute atomic E-state index is 10.2. The van der Waals surface area contributed by atoms with Gasteiger partial charge in [-0.05, 0) is 94.3 Å². The molecule has 14 aromatic rings. The summed E-state index contributed by atoms with van der Waals surface area (Å²) < 4.78 is 0. The quantitative estimate of drug-likeness (QED) is 0.0901. The molecular formula is C76H88O4. The first kappa shape index (κ1) is 65.7. The fraction of sp³-hybridized carbons (Fsp3) is 0.211. The van der Waals surface area contributed by atoms with Crippen LogP contribution in [0.1, 0.15) is 111 Å². The fourth-order valence-corrected chi connectivity index (χ4v) is 9.55. The third-order valence-corrected chi connectivity index (χ3v) is 12.5. The molecule has 0 atom stereocenters. The van der Waals surface area contributed by atoms with Crippen LogP contribution in [-0.2, 0) is 0 Å². The number of aromatic hydroxyl groups is 4. The molecule has 0 aliphatic carbocycles. The zero-order valence-corrected chi connectivity index (χ0v) is 50.6. The van der Waals surface area contributed by atoms with Gasteiger partial charge in [0.25, 0.3) is 0 Å². The Morgan fingerprint density at radius 3 is 0.963 bits per heavy atom. The molecular weight excluding hydrogens is 977 g/mol. The highest BCUT2D eigenvalue weighted by Crippen LogP contribution is 2.43. The summed E-state index contributed by atoms with van der Waals surface area (Å²) >= 11 is 0. The Morgan fingerprint density at radius 2 is 0.450 bits per heavy atom. The molecule has 14 aromatic carbocycles. The minimum atomic E-state index is 0.349. The van der Waals surface area contributed by atoms with Crippen LogP contribution < -0.4 is 0 Å². The topological polar surface area (TPSA) is 80.9 Å². The Labute approximate surface area is 477 Å². The van der Waals surface area contributed by atoms with E-state index in [0.717, 1.165) is 48.5 Å². The third kappa shape index (κ3) is 14.4. The van der Waals surface area contributed by atoms with Gasteiger partial charge < -0.3 is 20.4 Å². The number of phenols is 4. The average Bonchev–Trinajstić information content (AvgIpc) is 3.60. The summed E-state index contributed by atoms with van der Waals surface area (Å²) in [7, 11) is 0. The smallest absolute Gasteiger partial charge is 0.131 e. The summed E-state index contributed by atoms with van der Waals surface area (Å²) in [5.74, 6) is 1.43. The second kappa shape index (κ2) is 34.3. The van der Waals surface area contributed by atoms with Crippen LogP contribution in [0.3, 0.4) is 0 Å². The molecule has 0 spiro atoms. The summed E-state index contributed by atoms with van der Waals surface area (Å²) in [6.07, 6.45) is 0. The first-order valence-electron chi connectivity index (χ1n) is 29.3. The molecule has 0 bridgehead atoms. The van der Waals surface area contributed by atoms with Crippen LogP contribution in [0.4, 0.5) is 0 Å². The first-order valence-corrected chi connectivity index (χ1v) is 29.3. The van der Waals surface area contributed by atoms with Gasteiger partial charge in [0.2, 0.25) is 0 Å². The van der Waals surface area contributed by atoms with E-state index in [1.54, 1.807) is 18.2 Å². The zero-order chi connectivity index (χ0) is 59.3. The van der Waals surface area contributed by atoms with Crippen molar-refractivity contribution in [2.24, 2.45) is 0 Å². The van der Waals surface area contributed by atoms with Gasteiger partial charge in [0, 0.05) is 37.7 Å². The second-order valence-corrected chi connectivity index (χ2v) is 16.2. The maximum atomic E-state index is 10.2. The Bertz CT molecular complexity index is 3900. The Balaban J connectivity index is 0.000000262. The van der Waals surface area contributed by atoms with Crippen molar-refractivity contribution in [3.63, 3.8) is 0 Å². The predicted octanol–water partition coefficient (Wildman–Crippen LogP) is 24.2. The van der Waals surface area contributed by atoms with Gasteiger partial charge in [-0.2, -0.15) is 0 Å². The van der Waals surface area contributed by atoms with Crippen molar-refractivity contribution < 1.29 is 20.4 Å². The van der Waals surface area contributed by atoms with Crippen LogP contribution in [0.25, 0.3) is 108 Å². The SMILES string of the molecule is CC.CC.CC.CC.CC.CC.CC.CC.Oc1c2ccccc2cc2ccccc12.Oc1ccc2c3cccc4cccc(c5cccc1c52)c43.Oc1ccc2ccc3cccc4ccc1c2c34.Oc1cccc2ccccc12. The Hall–Kier alpha value is -8.60. The molecule has 80 heavy (non-hydrogen) atoms. The molecule has 4 nitrogen and oxygen atoms in total. The molecule has 416 valence electrons. The third-order valence-electron chi connectivity index (χ3n) is 12.5. The van der Waals surface area contributed by atoms with Gasteiger partial charge in [-0.15, -0.1) is 0 Å². The van der Waals surface area contributed by atoms with Crippen LogP contribution in [0.5, 0.6) is 23.0 Å². The van der Waals surface area contributed by atoms with E-state index in [0.29, 0.717) is 23.0 Å². The molecule has 0 aliphatic heterocycles. The zero-order valence-electron chi connectivity index (χ0n) is 50.6. The maximum Gasteiger partial charge on any atom is 0.131 e. The molecule has 4 N–H and O–H groups in total. The number of hydrogen-bond acceptors (Lipinski definition) is 4. The van der Waals surface area contributed by atoms with E-state index in [-0.39, 0.29) is 0 Å². The molecule has 0 radical (unpaired) electrons. The number of benzene rings is 14. The number of fused-ring (bicyclic) bond motifs is 5. The van der Waals surface area contributed by atoms with Crippen molar-refractivity contribution in [2.75, 3.05) is 0 Å². The summed E-state index contributed by atoms with van der Waals surface area (Å²) in [6, 6.07) is 72.4. The first-order chi connectivity index (χ1) is 39.4. The molecule has 0 aliphatic rings. The molecule has 0 unspecified atom stereocenters. The van der Waals surface area contributed by atoms with Gasteiger partial charge in [0.15, 0.2) is 0 Å². The van der Waals surface area contributed by atoms with Gasteiger partial charge in [-0.25, -0.2) is 0 Å². The Morgan fingerprint density at radius 1 is 0.175 bits per heavy atom. The van der Waals surface area contributed by atoms with Crippen molar-refractivity contribution in [2.45, 2.75) is 111 Å². The van der Waals surface area contributed by atoms with E-state index < -0.39 is 0 Å². The lowest BCUT2D eigenvalue weighted by atomic mass is 9.90. The van der Waals surface area contributed by atoms with Crippen LogP contribution in [0, 0.1) is 0 Å². The number of phenolic OH excluding ortho intramolecular Hbond substituents is 4. The lowest BCUT2D eigenvalue weighted by Crippen LogP contribution is -1.86. The summed E-state index contributed by atoms with van der Waals surface area (Å²) in [6.45, 7) is 32.0. The van der Waals surface area contributed by atoms with Crippen molar-refractivity contribution in [3.8, 4) is 23.0 Å². The van der Waals surface area contributed by atoms with Crippen LogP contribution in [-0.4, -0.2) is 20.4 Å². The van der Waals surface area contributed by atoms with E-state index in [2.05, 4.69) is 84.9 Å². The highest BCUT2D eigenvalue weighted by molar-refractivity contribution is 6.33. The van der Waals surface area contributed by atoms with Crippen LogP contribution in [0.15, 0.2) is 218 Å². The van der Waals surface area contributed by atoms with Crippen LogP contribution >= 0.6 is 0 Å². The lowest BCUT2D eigenvalue weighted by Gasteiger charge is -2.14. The largest absolute Gasteiger partial charge is 0.507 e. The molecule has 0 amide bonds. The van der Waals surface area contributed by atoms with Crippen molar-refractivity contribution in [1.82, 2.24) is 0 Å². The average molecular weight is 1070 g/mol. The van der Waals surface area contributed by atoms with Gasteiger partial charge in [-0.1, -0.05) is 305 Å². The van der Waals surface area contributed by atoms with Crippen LogP contribution in [0.2, 0.25) is 0 Å². The normalized spacial score (nSPS) is 9.70. The minimum Gasteiger partial charge on any atom is -0.507 e. The molecule has 0 saturated heterocycles. The summed E-state index contributed by atoms with van der Waals surface area (Å²) in [5.41, 5.74) is 0. The van der Waals surface area contributed by atoms with E-state index >= 15 is 0 Å². The van der Waals surface area contributed by atoms with E-state index in [4.69, 9.17) is 0 Å². The summed E-state index contributed by atoms with van der Waals surface area (Å²) in [4.78, 5) is 0. The highest BCUT2D eigenvalue weighted by atomic mass is 16.3. The molecule has 0 aromatic heterocycles. The van der Waals surface area contributed by atoms with E-state index in [1.165, 1.54) is 59.2 Å². The second-order valence-electron chi connectivity index (χ2n) is 16.2. The van der Waals surface area contributed by atoms with Crippen molar-refractivity contribution >= 4 is 108 Å². The summed E-state index contributed by atoms with van der Waals surface area (Å²) in [5, 5.41) is 62.2. The van der Waals surface area contributed by atoms with Gasteiger partial charge in [0.1, 0.15) is 23.0 Å². The molecule has 14 rings (SSSR count). The monoisotopic (exact) mass is 1060 g/mol. The number of rotatable bonds is 0. The standard InChI is InChI=1S/C20H12O.C16H10O.C14H10O.C10H8O.8C2H6/c21-18-11-10-16-14-7-2-5-12-4-1-6-13(19(12)14)15-8-3-9-17(18)20(15)16;17-14-9-7-12-5-4-10-2-1-3-11-6-8-13(14)16(12)15(10)11;15-14-12-7-3-1-5-10(12)9-11-6-2-4-8-13(11)14;11-10-7-3-5-8-4-1-2-6-9(8)10;8*1-2/h1-11,21H;1-9,17H;1-9,15H;1-7,11H;8*1-2H3. The van der Waals surface area contributed by atoms with Gasteiger partial charge >= 0.3 is 0 Å². The van der Waals surface area contributed by atoms with Crippen molar-refractivity contribution in [3.05, 3.63) is 218 Å². The highest BCUT2D eigenvalue weighted by Gasteiger charge is 2.14. The Kier molecular flexibility index (Phi) is 28.2. The van der Waals surface area contributed by atoms with Gasteiger partial charge in [-0.3, -0.25) is 0 Å². The van der Waals surface area contributed by atoms with Gasteiger partial charge in [0.05, 0.1) is 0 Å². The molecule has 0 fully saturated rings. The van der Waals surface area contributed by atoms with Crippen molar-refractivity contribution in [1.29, 1.82) is 0 Å². The number of hydrogen-bond donors (Lipinski definition) is 4. The lowest BCUT2D eigenvalue weighted by molar-refractivity contribution is 0.481. The predicted molar refractivity (Wildman–Crippen MR) is 361 cm³/mol.